The molecule has 2 N–H and O–H groups in total. The number of nitrogens with one attached hydrogen (secondary N) is 1. The summed E-state index contributed by atoms with van der Waals surface area (Å²) in [5, 5.41) is 14.3. The van der Waals surface area contributed by atoms with E-state index in [2.05, 4.69) is 5.32 Å². The highest BCUT2D eigenvalue weighted by molar-refractivity contribution is 6.35. The molecule has 42 heavy (non-hydrogen) atoms. The molecular formula is C30H39ClN2O9. The zero-order valence-corrected chi connectivity index (χ0v) is 25.7. The number of halogens is 1. The summed E-state index contributed by atoms with van der Waals surface area (Å²) in [6.45, 7) is 6.77. The third-order valence-corrected chi connectivity index (χ3v) is 8.64. The van der Waals surface area contributed by atoms with Crippen molar-refractivity contribution in [2.45, 2.75) is 82.7 Å². The van der Waals surface area contributed by atoms with E-state index in [-0.39, 0.29) is 23.8 Å². The quantitative estimate of drug-likeness (QED) is 0.390. The van der Waals surface area contributed by atoms with Gasteiger partial charge >= 0.3 is 12.1 Å². The normalized spacial score (nSPS) is 33.6. The Labute approximate surface area is 250 Å². The van der Waals surface area contributed by atoms with Crippen molar-refractivity contribution in [1.82, 2.24) is 5.32 Å². The number of carbonyl (C=O) groups excluding carboxylic acids is 3. The largest absolute Gasteiger partial charge is 0.495 e. The maximum absolute atomic E-state index is 13.6. The molecule has 2 saturated heterocycles. The van der Waals surface area contributed by atoms with Gasteiger partial charge in [-0.3, -0.25) is 14.9 Å². The Morgan fingerprint density at radius 2 is 1.98 bits per heavy atom. The van der Waals surface area contributed by atoms with E-state index in [9.17, 15) is 19.5 Å². The van der Waals surface area contributed by atoms with Crippen LogP contribution in [-0.4, -0.2) is 80.1 Å². The number of benzene rings is 1. The molecule has 3 aliphatic rings. The van der Waals surface area contributed by atoms with Crippen molar-refractivity contribution >= 4 is 35.3 Å². The third-order valence-electron chi connectivity index (χ3n) is 8.26. The number of alkyl carbamates (subject to hydrolysis) is 1. The lowest BCUT2D eigenvalue weighted by molar-refractivity contribution is -0.151. The molecule has 0 saturated carbocycles. The molecule has 0 unspecified atom stereocenters. The molecule has 1 aromatic carbocycles. The fourth-order valence-corrected chi connectivity index (χ4v) is 6.12. The predicted molar refractivity (Wildman–Crippen MR) is 154 cm³/mol. The fraction of sp³-hybridized carbons (Fsp3) is 0.567. The number of hydrogen-bond donors (Lipinski definition) is 2. The maximum Gasteiger partial charge on any atom is 0.409 e. The van der Waals surface area contributed by atoms with E-state index in [0.29, 0.717) is 17.9 Å². The van der Waals surface area contributed by atoms with Gasteiger partial charge in [0.05, 0.1) is 25.3 Å². The van der Waals surface area contributed by atoms with E-state index in [1.54, 1.807) is 32.2 Å². The molecule has 2 fully saturated rings. The molecule has 4 bridgehead atoms. The molecule has 230 valence electrons. The standard InChI is InChI=1S/C30H39ClN2O9/c1-16-9-8-10-23(39-7)30(37)15-22(41-28(36)32-30)17(2)27-29(4,42-27)24(40-18(3)34)14-25(35)33(5)20-12-19(11-16)13-21(38-6)26(20)31/h8-10,12-13,17,22-24,27,37H,11,14-15H2,1-7H3,(H,32,36)/t17-,22+,23-,24+,27-,29-,30+/m1/s1. The fourth-order valence-electron chi connectivity index (χ4n) is 5.81. The minimum Gasteiger partial charge on any atom is -0.495 e. The first kappa shape index (κ1) is 31.8. The van der Waals surface area contributed by atoms with Gasteiger partial charge in [0.25, 0.3) is 0 Å². The summed E-state index contributed by atoms with van der Waals surface area (Å²) in [6, 6.07) is 3.62. The van der Waals surface area contributed by atoms with E-state index in [4.69, 9.17) is 35.3 Å². The Morgan fingerprint density at radius 1 is 1.26 bits per heavy atom. The number of amides is 2. The molecule has 2 amide bonds. The van der Waals surface area contributed by atoms with Gasteiger partial charge in [-0.05, 0) is 38.0 Å². The zero-order chi connectivity index (χ0) is 31.0. The highest BCUT2D eigenvalue weighted by Gasteiger charge is 2.64. The Balaban J connectivity index is 1.79. The van der Waals surface area contributed by atoms with Crippen LogP contribution in [0.15, 0.2) is 35.9 Å². The summed E-state index contributed by atoms with van der Waals surface area (Å²) < 4.78 is 28.4. The van der Waals surface area contributed by atoms with Crippen molar-refractivity contribution in [2.24, 2.45) is 5.92 Å². The lowest BCUT2D eigenvalue weighted by Gasteiger charge is -2.42. The number of methoxy groups -OCH3 is 2. The van der Waals surface area contributed by atoms with Gasteiger partial charge in [-0.1, -0.05) is 42.3 Å². The van der Waals surface area contributed by atoms with Crippen LogP contribution in [0.5, 0.6) is 5.75 Å². The third kappa shape index (κ3) is 6.44. The van der Waals surface area contributed by atoms with Crippen molar-refractivity contribution in [2.75, 3.05) is 26.2 Å². The summed E-state index contributed by atoms with van der Waals surface area (Å²) in [4.78, 5) is 39.7. The number of carbonyl (C=O) groups is 3. The van der Waals surface area contributed by atoms with Crippen molar-refractivity contribution < 1.29 is 43.2 Å². The van der Waals surface area contributed by atoms with Gasteiger partial charge in [-0.25, -0.2) is 4.79 Å². The monoisotopic (exact) mass is 606 g/mol. The van der Waals surface area contributed by atoms with Crippen LogP contribution in [0, 0.1) is 5.92 Å². The van der Waals surface area contributed by atoms with Crippen LogP contribution in [-0.2, 0) is 35.0 Å². The Morgan fingerprint density at radius 3 is 2.62 bits per heavy atom. The molecule has 1 aromatic rings. The van der Waals surface area contributed by atoms with Crippen LogP contribution >= 0.6 is 11.6 Å². The van der Waals surface area contributed by atoms with Gasteiger partial charge in [0.2, 0.25) is 5.91 Å². The molecule has 0 aromatic heterocycles. The molecule has 12 heteroatoms. The van der Waals surface area contributed by atoms with Gasteiger partial charge in [0, 0.05) is 33.4 Å². The first-order chi connectivity index (χ1) is 19.7. The summed E-state index contributed by atoms with van der Waals surface area (Å²) in [5.41, 5.74) is -0.570. The average molecular weight is 607 g/mol. The molecule has 0 radical (unpaired) electrons. The zero-order valence-electron chi connectivity index (χ0n) is 24.9. The van der Waals surface area contributed by atoms with E-state index < -0.39 is 53.7 Å². The minimum atomic E-state index is -1.76. The number of anilines is 1. The highest BCUT2D eigenvalue weighted by atomic mass is 35.5. The maximum atomic E-state index is 13.6. The van der Waals surface area contributed by atoms with Crippen LogP contribution in [0.4, 0.5) is 10.5 Å². The second-order valence-corrected chi connectivity index (χ2v) is 11.8. The summed E-state index contributed by atoms with van der Waals surface area (Å²) >= 11 is 6.64. The van der Waals surface area contributed by atoms with E-state index in [1.165, 1.54) is 26.0 Å². The SMILES string of the molecule is COc1cc2cc(c1Cl)N(C)C(=O)C[C@H](OC(C)=O)[C@@]1(C)O[C@@H]1[C@H](C)[C@@H]1C[C@@](O)(NC(=O)O1)[C@H](OC)C=CC=C(C)C2. The van der Waals surface area contributed by atoms with E-state index >= 15 is 0 Å². The lowest BCUT2D eigenvalue weighted by Crippen LogP contribution is -2.63. The van der Waals surface area contributed by atoms with Crippen molar-refractivity contribution in [3.05, 3.63) is 46.5 Å². The van der Waals surface area contributed by atoms with Crippen molar-refractivity contribution in [3.63, 3.8) is 0 Å². The molecule has 4 rings (SSSR count). The molecule has 11 nitrogen and oxygen atoms in total. The number of nitrogens with zero attached hydrogens (tertiary/aromatic N) is 1. The van der Waals surface area contributed by atoms with Crippen LogP contribution in [0.25, 0.3) is 0 Å². The number of aliphatic hydroxyl groups is 1. The smallest absolute Gasteiger partial charge is 0.409 e. The molecule has 3 heterocycles. The number of epoxide rings is 1. The Hall–Kier alpha value is -3.12. The highest BCUT2D eigenvalue weighted by Crippen LogP contribution is 2.49. The summed E-state index contributed by atoms with van der Waals surface area (Å²) in [6.07, 6.45) is 1.67. The minimum absolute atomic E-state index is 0.00538. The Kier molecular flexibility index (Phi) is 9.27. The second-order valence-electron chi connectivity index (χ2n) is 11.4. The number of allylic oxidation sites excluding steroid dienone is 3. The van der Waals surface area contributed by atoms with Crippen LogP contribution < -0.4 is 15.0 Å². The van der Waals surface area contributed by atoms with Gasteiger partial charge in [0.1, 0.15) is 34.7 Å². The second kappa shape index (κ2) is 12.2. The Bertz CT molecular complexity index is 1300. The molecule has 7 atom stereocenters. The molecule has 3 aliphatic heterocycles. The van der Waals surface area contributed by atoms with Gasteiger partial charge in [-0.2, -0.15) is 0 Å². The van der Waals surface area contributed by atoms with E-state index in [0.717, 1.165) is 11.1 Å². The molecular weight excluding hydrogens is 568 g/mol. The van der Waals surface area contributed by atoms with Gasteiger partial charge in [-0.15, -0.1) is 0 Å². The average Bonchev–Trinajstić information content (AvgIpc) is 3.61. The van der Waals surface area contributed by atoms with Gasteiger partial charge in [0.15, 0.2) is 5.72 Å². The number of esters is 1. The van der Waals surface area contributed by atoms with Crippen molar-refractivity contribution in [3.8, 4) is 5.75 Å². The number of rotatable bonds is 3. The summed E-state index contributed by atoms with van der Waals surface area (Å²) in [5.74, 6) is -0.951. The number of hydrogen-bond acceptors (Lipinski definition) is 9. The summed E-state index contributed by atoms with van der Waals surface area (Å²) in [7, 11) is 4.54. The molecule has 0 spiro atoms. The molecule has 0 aliphatic carbocycles. The topological polar surface area (TPSA) is 136 Å². The lowest BCUT2D eigenvalue weighted by atomic mass is 9.83. The van der Waals surface area contributed by atoms with Crippen LogP contribution in [0.3, 0.4) is 0 Å². The van der Waals surface area contributed by atoms with E-state index in [1.807, 2.05) is 26.0 Å². The number of ether oxygens (including phenoxy) is 5. The van der Waals surface area contributed by atoms with Gasteiger partial charge < -0.3 is 33.7 Å². The van der Waals surface area contributed by atoms with Crippen LogP contribution in [0.1, 0.15) is 46.1 Å². The predicted octanol–water partition coefficient (Wildman–Crippen LogP) is 3.69. The first-order valence-electron chi connectivity index (χ1n) is 13.8. The van der Waals surface area contributed by atoms with Crippen LogP contribution in [0.2, 0.25) is 5.02 Å². The number of fused-ring (bicyclic) bond motifs is 5. The first-order valence-corrected chi connectivity index (χ1v) is 14.2. The van der Waals surface area contributed by atoms with Crippen molar-refractivity contribution in [1.29, 1.82) is 0 Å².